The molecule has 0 amide bonds. The molecule has 5 heteroatoms. The highest BCUT2D eigenvalue weighted by Crippen LogP contribution is 2.40. The van der Waals surface area contributed by atoms with Gasteiger partial charge in [-0.15, -0.1) is 0 Å². The van der Waals surface area contributed by atoms with Crippen LogP contribution in [0.3, 0.4) is 0 Å². The van der Waals surface area contributed by atoms with Crippen LogP contribution < -0.4 is 19.1 Å². The van der Waals surface area contributed by atoms with Gasteiger partial charge in [-0.25, -0.2) is 0 Å². The first-order valence-corrected chi connectivity index (χ1v) is 7.80. The summed E-state index contributed by atoms with van der Waals surface area (Å²) in [7, 11) is 8.58. The van der Waals surface area contributed by atoms with Crippen molar-refractivity contribution in [1.82, 2.24) is 0 Å². The molecule has 2 aromatic rings. The molecule has 0 aliphatic rings. The highest BCUT2D eigenvalue weighted by molar-refractivity contribution is 6.07. The third kappa shape index (κ3) is 4.12. The smallest absolute Gasteiger partial charge is 0.203 e. The molecule has 0 N–H and O–H groups in total. The van der Waals surface area contributed by atoms with Crippen LogP contribution in [0.5, 0.6) is 17.2 Å². The van der Waals surface area contributed by atoms with Gasteiger partial charge in [0.1, 0.15) is 0 Å². The van der Waals surface area contributed by atoms with E-state index in [-0.39, 0.29) is 5.78 Å². The first-order valence-electron chi connectivity index (χ1n) is 7.80. The van der Waals surface area contributed by atoms with Crippen molar-refractivity contribution in [2.45, 2.75) is 0 Å². The highest BCUT2D eigenvalue weighted by atomic mass is 16.5. The van der Waals surface area contributed by atoms with Crippen molar-refractivity contribution in [3.8, 4) is 17.2 Å². The fourth-order valence-electron chi connectivity index (χ4n) is 2.44. The monoisotopic (exact) mass is 341 g/mol. The standard InChI is InChI=1S/C20H23NO4/c1-21(2)16-10-6-14(7-11-16)17(22)12-8-15-9-13-18(23-3)20(25-5)19(15)24-4/h6-13H,1-5H3. The Balaban J connectivity index is 2.27. The summed E-state index contributed by atoms with van der Waals surface area (Å²) < 4.78 is 16.0. The molecule has 5 nitrogen and oxygen atoms in total. The largest absolute Gasteiger partial charge is 0.493 e. The summed E-state index contributed by atoms with van der Waals surface area (Å²) in [5.41, 5.74) is 2.40. The molecule has 0 bridgehead atoms. The minimum Gasteiger partial charge on any atom is -0.493 e. The summed E-state index contributed by atoms with van der Waals surface area (Å²) in [6.07, 6.45) is 3.23. The first-order chi connectivity index (χ1) is 12.0. The maximum Gasteiger partial charge on any atom is 0.203 e. The molecule has 0 spiro atoms. The molecule has 0 aliphatic heterocycles. The van der Waals surface area contributed by atoms with Gasteiger partial charge in [-0.3, -0.25) is 4.79 Å². The predicted octanol–water partition coefficient (Wildman–Crippen LogP) is 3.67. The lowest BCUT2D eigenvalue weighted by atomic mass is 10.1. The summed E-state index contributed by atoms with van der Waals surface area (Å²) in [4.78, 5) is 14.4. The quantitative estimate of drug-likeness (QED) is 0.568. The number of rotatable bonds is 7. The number of methoxy groups -OCH3 is 3. The number of carbonyl (C=O) groups excluding carboxylic acids is 1. The fourth-order valence-corrected chi connectivity index (χ4v) is 2.44. The van der Waals surface area contributed by atoms with E-state index in [2.05, 4.69) is 0 Å². The van der Waals surface area contributed by atoms with Gasteiger partial charge < -0.3 is 19.1 Å². The topological polar surface area (TPSA) is 48.0 Å². The number of benzene rings is 2. The number of hydrogen-bond donors (Lipinski definition) is 0. The lowest BCUT2D eigenvalue weighted by molar-refractivity contribution is 0.104. The van der Waals surface area contributed by atoms with Gasteiger partial charge in [0.05, 0.1) is 21.3 Å². The van der Waals surface area contributed by atoms with Crippen molar-refractivity contribution < 1.29 is 19.0 Å². The molecule has 0 unspecified atom stereocenters. The maximum atomic E-state index is 12.4. The third-order valence-electron chi connectivity index (χ3n) is 3.82. The minimum absolute atomic E-state index is 0.0813. The molecule has 2 aromatic carbocycles. The Hall–Kier alpha value is -2.95. The van der Waals surface area contributed by atoms with Crippen LogP contribution in [-0.2, 0) is 0 Å². The van der Waals surface area contributed by atoms with Gasteiger partial charge in [-0.1, -0.05) is 0 Å². The SMILES string of the molecule is COc1ccc(C=CC(=O)c2ccc(N(C)C)cc2)c(OC)c1OC. The number of carbonyl (C=O) groups is 1. The van der Waals surface area contributed by atoms with Gasteiger partial charge in [-0.2, -0.15) is 0 Å². The minimum atomic E-state index is -0.0813. The number of hydrogen-bond acceptors (Lipinski definition) is 5. The van der Waals surface area contributed by atoms with E-state index < -0.39 is 0 Å². The lowest BCUT2D eigenvalue weighted by Crippen LogP contribution is -2.08. The number of allylic oxidation sites excluding steroid dienone is 1. The van der Waals surface area contributed by atoms with Crippen molar-refractivity contribution in [1.29, 1.82) is 0 Å². The summed E-state index contributed by atoms with van der Waals surface area (Å²) in [5, 5.41) is 0. The molecular formula is C20H23NO4. The number of ketones is 1. The van der Waals surface area contributed by atoms with E-state index >= 15 is 0 Å². The first kappa shape index (κ1) is 18.4. The molecule has 0 saturated carbocycles. The number of nitrogens with zero attached hydrogens (tertiary/aromatic N) is 1. The van der Waals surface area contributed by atoms with Crippen LogP contribution in [0.1, 0.15) is 15.9 Å². The van der Waals surface area contributed by atoms with Gasteiger partial charge in [0.25, 0.3) is 0 Å². The van der Waals surface area contributed by atoms with Crippen LogP contribution in [0.15, 0.2) is 42.5 Å². The molecule has 0 aromatic heterocycles. The van der Waals surface area contributed by atoms with Crippen LogP contribution in [0.2, 0.25) is 0 Å². The average molecular weight is 341 g/mol. The van der Waals surface area contributed by atoms with Crippen LogP contribution in [0.4, 0.5) is 5.69 Å². The van der Waals surface area contributed by atoms with Crippen LogP contribution in [0.25, 0.3) is 6.08 Å². The van der Waals surface area contributed by atoms with Crippen LogP contribution >= 0.6 is 0 Å². The van der Waals surface area contributed by atoms with E-state index in [9.17, 15) is 4.79 Å². The second-order valence-electron chi connectivity index (χ2n) is 5.56. The zero-order valence-corrected chi connectivity index (χ0v) is 15.2. The summed E-state index contributed by atoms with van der Waals surface area (Å²) in [6, 6.07) is 11.0. The molecule has 132 valence electrons. The van der Waals surface area contributed by atoms with Crippen molar-refractivity contribution in [3.05, 3.63) is 53.6 Å². The average Bonchev–Trinajstić information content (AvgIpc) is 2.64. The van der Waals surface area contributed by atoms with Gasteiger partial charge >= 0.3 is 0 Å². The second-order valence-corrected chi connectivity index (χ2v) is 5.56. The van der Waals surface area contributed by atoms with Crippen LogP contribution in [0, 0.1) is 0 Å². The normalized spacial score (nSPS) is 10.6. The molecule has 0 saturated heterocycles. The zero-order chi connectivity index (χ0) is 18.4. The van der Waals surface area contributed by atoms with E-state index in [1.54, 1.807) is 33.5 Å². The van der Waals surface area contributed by atoms with E-state index in [0.29, 0.717) is 22.8 Å². The second kappa shape index (κ2) is 8.24. The van der Waals surface area contributed by atoms with Crippen molar-refractivity contribution >= 4 is 17.5 Å². The van der Waals surface area contributed by atoms with Crippen molar-refractivity contribution in [3.63, 3.8) is 0 Å². The molecule has 0 radical (unpaired) electrons. The number of ether oxygens (including phenoxy) is 3. The Bertz CT molecular complexity index is 764. The summed E-state index contributed by atoms with van der Waals surface area (Å²) in [5.74, 6) is 1.51. The Labute approximate surface area is 148 Å². The summed E-state index contributed by atoms with van der Waals surface area (Å²) >= 11 is 0. The van der Waals surface area contributed by atoms with E-state index in [0.717, 1.165) is 11.3 Å². The highest BCUT2D eigenvalue weighted by Gasteiger charge is 2.14. The molecular weight excluding hydrogens is 318 g/mol. The zero-order valence-electron chi connectivity index (χ0n) is 15.2. The maximum absolute atomic E-state index is 12.4. The molecule has 0 heterocycles. The molecule has 0 aliphatic carbocycles. The molecule has 2 rings (SSSR count). The third-order valence-corrected chi connectivity index (χ3v) is 3.82. The van der Waals surface area contributed by atoms with Crippen LogP contribution in [-0.4, -0.2) is 41.2 Å². The van der Waals surface area contributed by atoms with Gasteiger partial charge in [0.15, 0.2) is 17.3 Å². The Morgan fingerprint density at radius 1 is 0.880 bits per heavy atom. The van der Waals surface area contributed by atoms with E-state index in [1.807, 2.05) is 49.3 Å². The van der Waals surface area contributed by atoms with Gasteiger partial charge in [-0.05, 0) is 48.6 Å². The molecule has 25 heavy (non-hydrogen) atoms. The number of anilines is 1. The fraction of sp³-hybridized carbons (Fsp3) is 0.250. The summed E-state index contributed by atoms with van der Waals surface area (Å²) in [6.45, 7) is 0. The lowest BCUT2D eigenvalue weighted by Gasteiger charge is -2.14. The van der Waals surface area contributed by atoms with Gasteiger partial charge in [0, 0.05) is 30.9 Å². The Morgan fingerprint density at radius 2 is 1.52 bits per heavy atom. The van der Waals surface area contributed by atoms with Crippen molar-refractivity contribution in [2.24, 2.45) is 0 Å². The van der Waals surface area contributed by atoms with E-state index in [4.69, 9.17) is 14.2 Å². The Morgan fingerprint density at radius 3 is 2.04 bits per heavy atom. The molecule has 0 fully saturated rings. The predicted molar refractivity (Wildman–Crippen MR) is 100 cm³/mol. The van der Waals surface area contributed by atoms with E-state index in [1.165, 1.54) is 6.08 Å². The Kier molecular flexibility index (Phi) is 6.06. The van der Waals surface area contributed by atoms with Crippen molar-refractivity contribution in [2.75, 3.05) is 40.3 Å². The van der Waals surface area contributed by atoms with Gasteiger partial charge in [0.2, 0.25) is 5.75 Å². The molecule has 0 atom stereocenters.